The molecule has 0 saturated heterocycles. The molecule has 0 saturated carbocycles. The first-order chi connectivity index (χ1) is 28.3. The van der Waals surface area contributed by atoms with E-state index < -0.39 is 0 Å². The van der Waals surface area contributed by atoms with Crippen molar-refractivity contribution in [2.75, 3.05) is 10.2 Å². The molecule has 1 N–H and O–H groups in total. The molecule has 59 heavy (non-hydrogen) atoms. The maximum atomic E-state index is 4.03. The summed E-state index contributed by atoms with van der Waals surface area (Å²) in [4.78, 5) is 2.62. The molecular weight excluding hydrogens is 711 g/mol. The Morgan fingerprint density at radius 3 is 1.88 bits per heavy atom. The molecule has 0 aromatic heterocycles. The molecule has 0 fully saturated rings. The highest BCUT2D eigenvalue weighted by atomic mass is 15.2. The number of benzene rings is 7. The van der Waals surface area contributed by atoms with Crippen LogP contribution in [0.2, 0.25) is 0 Å². The molecule has 3 aliphatic rings. The lowest BCUT2D eigenvalue weighted by Crippen LogP contribution is -2.34. The lowest BCUT2D eigenvalue weighted by atomic mass is 9.60. The predicted octanol–water partition coefficient (Wildman–Crippen LogP) is 14.3. The van der Waals surface area contributed by atoms with E-state index in [1.165, 1.54) is 94.8 Å². The van der Waals surface area contributed by atoms with Crippen LogP contribution in [-0.4, -0.2) is 7.28 Å². The van der Waals surface area contributed by atoms with Gasteiger partial charge in [-0.25, -0.2) is 0 Å². The second kappa shape index (κ2) is 13.6. The van der Waals surface area contributed by atoms with E-state index in [2.05, 4.69) is 212 Å². The van der Waals surface area contributed by atoms with Crippen molar-refractivity contribution in [3.8, 4) is 33.4 Å². The molecule has 3 heteroatoms. The molecule has 0 atom stereocenters. The SMILES string of the molecule is Cc1cccc(C)c1-c1cc(-c2cc3c(cc2Nc2ccc(-c4ccccc4)cc2)C(C)(C)CCC3(C)C)c2c(c1)N1c3ccccc3C(C)(C)c3cccc(c31)C[B]2. The van der Waals surface area contributed by atoms with Crippen molar-refractivity contribution < 1.29 is 0 Å². The minimum absolute atomic E-state index is 0.0445. The fraction of sp³-hybridized carbons (Fsp3) is 0.250. The van der Waals surface area contributed by atoms with Crippen molar-refractivity contribution in [3.63, 3.8) is 0 Å². The van der Waals surface area contributed by atoms with Gasteiger partial charge in [-0.3, -0.25) is 0 Å². The van der Waals surface area contributed by atoms with E-state index in [1.54, 1.807) is 0 Å². The molecule has 10 rings (SSSR count). The molecule has 7 aromatic rings. The van der Waals surface area contributed by atoms with Crippen LogP contribution in [0.1, 0.15) is 93.3 Å². The Morgan fingerprint density at radius 2 is 1.15 bits per heavy atom. The number of hydrogen-bond acceptors (Lipinski definition) is 2. The maximum Gasteiger partial charge on any atom is 0.160 e. The Kier molecular flexibility index (Phi) is 8.66. The van der Waals surface area contributed by atoms with Crippen molar-refractivity contribution in [2.45, 2.75) is 90.8 Å². The molecular formula is C56H54BN2. The average Bonchev–Trinajstić information content (AvgIpc) is 3.39. The zero-order valence-electron chi connectivity index (χ0n) is 35.9. The van der Waals surface area contributed by atoms with Crippen LogP contribution in [0.5, 0.6) is 0 Å². The topological polar surface area (TPSA) is 15.3 Å². The Balaban J connectivity index is 1.27. The van der Waals surface area contributed by atoms with Gasteiger partial charge in [0.05, 0.1) is 11.4 Å². The van der Waals surface area contributed by atoms with Gasteiger partial charge in [-0.05, 0) is 153 Å². The van der Waals surface area contributed by atoms with Gasteiger partial charge in [0.2, 0.25) is 0 Å². The first kappa shape index (κ1) is 37.5. The largest absolute Gasteiger partial charge is 0.355 e. The molecule has 0 amide bonds. The summed E-state index contributed by atoms with van der Waals surface area (Å²) in [5, 5.41) is 4.03. The fourth-order valence-electron chi connectivity index (χ4n) is 10.6. The summed E-state index contributed by atoms with van der Waals surface area (Å²) in [6, 6.07) is 52.5. The van der Waals surface area contributed by atoms with E-state index in [4.69, 9.17) is 0 Å². The molecule has 1 radical (unpaired) electrons. The Morgan fingerprint density at radius 1 is 0.525 bits per heavy atom. The zero-order chi connectivity index (χ0) is 40.8. The van der Waals surface area contributed by atoms with E-state index in [1.807, 2.05) is 0 Å². The minimum Gasteiger partial charge on any atom is -0.355 e. The average molecular weight is 766 g/mol. The van der Waals surface area contributed by atoms with Crippen LogP contribution in [0, 0.1) is 13.8 Å². The lowest BCUT2D eigenvalue weighted by molar-refractivity contribution is 0.332. The molecule has 1 aliphatic carbocycles. The Hall–Kier alpha value is -5.80. The van der Waals surface area contributed by atoms with Crippen molar-refractivity contribution in [1.29, 1.82) is 0 Å². The van der Waals surface area contributed by atoms with Gasteiger partial charge in [0.1, 0.15) is 0 Å². The van der Waals surface area contributed by atoms with Gasteiger partial charge in [0.15, 0.2) is 7.28 Å². The maximum absolute atomic E-state index is 4.03. The third-order valence-electron chi connectivity index (χ3n) is 14.1. The summed E-state index contributed by atoms with van der Waals surface area (Å²) in [6.45, 7) is 19.1. The summed E-state index contributed by atoms with van der Waals surface area (Å²) in [6.07, 6.45) is 3.17. The minimum atomic E-state index is -0.139. The first-order valence-corrected chi connectivity index (χ1v) is 21.5. The molecule has 0 bridgehead atoms. The number of hydrogen-bond donors (Lipinski definition) is 1. The summed E-state index contributed by atoms with van der Waals surface area (Å²) in [7, 11) is 2.52. The quantitative estimate of drug-likeness (QED) is 0.176. The van der Waals surface area contributed by atoms with Crippen LogP contribution in [0.25, 0.3) is 33.4 Å². The van der Waals surface area contributed by atoms with Gasteiger partial charge >= 0.3 is 0 Å². The molecule has 2 heterocycles. The van der Waals surface area contributed by atoms with Crippen molar-refractivity contribution >= 4 is 41.2 Å². The second-order valence-corrected chi connectivity index (χ2v) is 19.2. The Bertz CT molecular complexity index is 2770. The molecule has 291 valence electrons. The number of para-hydroxylation sites is 2. The van der Waals surface area contributed by atoms with Gasteiger partial charge in [-0.1, -0.05) is 144 Å². The fourth-order valence-corrected chi connectivity index (χ4v) is 10.6. The van der Waals surface area contributed by atoms with E-state index in [-0.39, 0.29) is 16.2 Å². The van der Waals surface area contributed by atoms with E-state index in [0.29, 0.717) is 0 Å². The summed E-state index contributed by atoms with van der Waals surface area (Å²) < 4.78 is 0. The van der Waals surface area contributed by atoms with Gasteiger partial charge in [0, 0.05) is 28.0 Å². The van der Waals surface area contributed by atoms with Crippen molar-refractivity contribution in [3.05, 3.63) is 178 Å². The highest BCUT2D eigenvalue weighted by Gasteiger charge is 2.41. The molecule has 2 aliphatic heterocycles. The van der Waals surface area contributed by atoms with Gasteiger partial charge in [-0.15, -0.1) is 0 Å². The van der Waals surface area contributed by atoms with Gasteiger partial charge in [-0.2, -0.15) is 0 Å². The summed E-state index contributed by atoms with van der Waals surface area (Å²) in [5.41, 5.74) is 24.5. The van der Waals surface area contributed by atoms with E-state index >= 15 is 0 Å². The molecule has 2 nitrogen and oxygen atoms in total. The van der Waals surface area contributed by atoms with Crippen LogP contribution in [0.3, 0.4) is 0 Å². The monoisotopic (exact) mass is 765 g/mol. The third-order valence-corrected chi connectivity index (χ3v) is 14.1. The van der Waals surface area contributed by atoms with Crippen LogP contribution in [0.15, 0.2) is 140 Å². The van der Waals surface area contributed by atoms with Gasteiger partial charge < -0.3 is 10.2 Å². The number of anilines is 5. The van der Waals surface area contributed by atoms with Crippen LogP contribution in [-0.2, 0) is 22.6 Å². The van der Waals surface area contributed by atoms with Crippen molar-refractivity contribution in [2.24, 2.45) is 0 Å². The van der Waals surface area contributed by atoms with E-state index in [0.717, 1.165) is 30.5 Å². The van der Waals surface area contributed by atoms with Gasteiger partial charge in [0.25, 0.3) is 0 Å². The molecule has 0 unspecified atom stereocenters. The summed E-state index contributed by atoms with van der Waals surface area (Å²) in [5.74, 6) is 0. The molecule has 7 aromatic carbocycles. The summed E-state index contributed by atoms with van der Waals surface area (Å²) >= 11 is 0. The highest BCUT2D eigenvalue weighted by molar-refractivity contribution is 6.58. The van der Waals surface area contributed by atoms with Crippen molar-refractivity contribution in [1.82, 2.24) is 0 Å². The number of aryl methyl sites for hydroxylation is 2. The number of fused-ring (bicyclic) bond motifs is 5. The number of rotatable bonds is 5. The van der Waals surface area contributed by atoms with E-state index in [9.17, 15) is 0 Å². The highest BCUT2D eigenvalue weighted by Crippen LogP contribution is 2.55. The number of nitrogens with one attached hydrogen (secondary N) is 1. The normalized spacial score (nSPS) is 16.4. The Labute approximate surface area is 352 Å². The second-order valence-electron chi connectivity index (χ2n) is 19.2. The molecule has 0 spiro atoms. The van der Waals surface area contributed by atoms with Crippen LogP contribution >= 0.6 is 0 Å². The third kappa shape index (κ3) is 6.07. The predicted molar refractivity (Wildman–Crippen MR) is 253 cm³/mol. The number of nitrogens with zero attached hydrogens (tertiary/aromatic N) is 1. The van der Waals surface area contributed by atoms with Crippen LogP contribution < -0.4 is 15.7 Å². The lowest BCUT2D eigenvalue weighted by Gasteiger charge is -2.43. The first-order valence-electron chi connectivity index (χ1n) is 21.5. The zero-order valence-corrected chi connectivity index (χ0v) is 35.9. The standard InChI is InChI=1S/C56H54BN2/c1-35-16-14-17-36(2)51(35)40-30-43(52-50(31-40)59-49-23-13-12-21-44(49)56(7,8)45-22-15-20-39(34-57-52)53(45)59)42-32-46-47(55(5,6)29-28-54(46,3)4)33-48(42)58-41-26-24-38(25-27-41)37-18-10-9-11-19-37/h9-27,30-33,58H,28-29,34H2,1-8H3. The smallest absolute Gasteiger partial charge is 0.160 e. The van der Waals surface area contributed by atoms with Crippen LogP contribution in [0.4, 0.5) is 28.4 Å².